The second kappa shape index (κ2) is 3.87. The topological polar surface area (TPSA) is 45.8 Å². The van der Waals surface area contributed by atoms with Gasteiger partial charge in [0.2, 0.25) is 0 Å². The van der Waals surface area contributed by atoms with Crippen LogP contribution in [0.5, 0.6) is 0 Å². The molecule has 82 valence electrons. The number of rotatable bonds is 2. The summed E-state index contributed by atoms with van der Waals surface area (Å²) in [5.74, 6) is 0. The summed E-state index contributed by atoms with van der Waals surface area (Å²) in [4.78, 5) is 18.2. The van der Waals surface area contributed by atoms with Crippen molar-refractivity contribution in [3.63, 3.8) is 0 Å². The Morgan fingerprint density at radius 3 is 2.88 bits per heavy atom. The van der Waals surface area contributed by atoms with E-state index < -0.39 is 0 Å². The number of aldehydes is 1. The zero-order valence-corrected chi connectivity index (χ0v) is 9.05. The lowest BCUT2D eigenvalue weighted by Gasteiger charge is -2.03. The Morgan fingerprint density at radius 2 is 2.12 bits per heavy atom. The lowest BCUT2D eigenvalue weighted by Crippen LogP contribution is -1.83. The molecule has 0 bridgehead atoms. The van der Waals surface area contributed by atoms with E-state index in [2.05, 4.69) is 9.97 Å². The van der Waals surface area contributed by atoms with Crippen LogP contribution in [0.1, 0.15) is 10.4 Å². The van der Waals surface area contributed by atoms with Crippen molar-refractivity contribution in [3.8, 4) is 11.1 Å². The molecule has 3 heteroatoms. The molecule has 3 rings (SSSR count). The van der Waals surface area contributed by atoms with Gasteiger partial charge in [-0.05, 0) is 17.7 Å². The predicted octanol–water partition coefficient (Wildman–Crippen LogP) is 3.04. The number of hydrogen-bond acceptors (Lipinski definition) is 2. The zero-order chi connectivity index (χ0) is 11.7. The van der Waals surface area contributed by atoms with E-state index in [1.165, 1.54) is 0 Å². The van der Waals surface area contributed by atoms with Crippen molar-refractivity contribution >= 4 is 17.2 Å². The van der Waals surface area contributed by atoms with Gasteiger partial charge in [0.15, 0.2) is 6.29 Å². The van der Waals surface area contributed by atoms with E-state index in [0.717, 1.165) is 28.3 Å². The minimum Gasteiger partial charge on any atom is -0.360 e. The lowest BCUT2D eigenvalue weighted by molar-refractivity contribution is 0.112. The van der Waals surface area contributed by atoms with E-state index in [0.29, 0.717) is 5.56 Å². The molecule has 0 aliphatic heterocycles. The van der Waals surface area contributed by atoms with E-state index in [1.807, 2.05) is 30.3 Å². The molecular weight excluding hydrogens is 212 g/mol. The Bertz CT molecular complexity index is 671. The first-order valence-electron chi connectivity index (χ1n) is 5.36. The third-order valence-corrected chi connectivity index (χ3v) is 2.84. The molecule has 1 N–H and O–H groups in total. The SMILES string of the molecule is O=Cc1c[nH]c2cccc(-c3cccnc3)c12. The van der Waals surface area contributed by atoms with Crippen LogP contribution in [0.15, 0.2) is 48.9 Å². The predicted molar refractivity (Wildman–Crippen MR) is 66.9 cm³/mol. The second-order valence-electron chi connectivity index (χ2n) is 3.83. The summed E-state index contributed by atoms with van der Waals surface area (Å²) in [6.07, 6.45) is 6.15. The molecule has 2 heterocycles. The van der Waals surface area contributed by atoms with Crippen molar-refractivity contribution in [2.75, 3.05) is 0 Å². The lowest BCUT2D eigenvalue weighted by atomic mass is 10.0. The van der Waals surface area contributed by atoms with E-state index in [4.69, 9.17) is 0 Å². The Labute approximate surface area is 98.1 Å². The van der Waals surface area contributed by atoms with Crippen molar-refractivity contribution in [2.45, 2.75) is 0 Å². The van der Waals surface area contributed by atoms with Gasteiger partial charge in [0.25, 0.3) is 0 Å². The van der Waals surface area contributed by atoms with Gasteiger partial charge in [0.1, 0.15) is 0 Å². The number of carbonyl (C=O) groups is 1. The van der Waals surface area contributed by atoms with Gasteiger partial charge in [-0.1, -0.05) is 18.2 Å². The molecule has 0 atom stereocenters. The highest BCUT2D eigenvalue weighted by molar-refractivity contribution is 6.05. The fourth-order valence-electron chi connectivity index (χ4n) is 2.07. The molecule has 2 aromatic heterocycles. The third-order valence-electron chi connectivity index (χ3n) is 2.84. The van der Waals surface area contributed by atoms with E-state index in [1.54, 1.807) is 18.6 Å². The van der Waals surface area contributed by atoms with E-state index in [-0.39, 0.29) is 0 Å². The van der Waals surface area contributed by atoms with Crippen molar-refractivity contribution in [1.82, 2.24) is 9.97 Å². The molecule has 1 aromatic carbocycles. The Morgan fingerprint density at radius 1 is 1.18 bits per heavy atom. The molecule has 0 aliphatic carbocycles. The molecule has 0 fully saturated rings. The molecule has 0 unspecified atom stereocenters. The van der Waals surface area contributed by atoms with Crippen LogP contribution in [-0.4, -0.2) is 16.3 Å². The maximum atomic E-state index is 11.0. The van der Waals surface area contributed by atoms with Gasteiger partial charge in [0.05, 0.1) is 0 Å². The van der Waals surface area contributed by atoms with Gasteiger partial charge >= 0.3 is 0 Å². The Kier molecular flexibility index (Phi) is 2.22. The van der Waals surface area contributed by atoms with Crippen LogP contribution in [0.25, 0.3) is 22.0 Å². The fraction of sp³-hybridized carbons (Fsp3) is 0. The van der Waals surface area contributed by atoms with E-state index in [9.17, 15) is 4.79 Å². The van der Waals surface area contributed by atoms with Gasteiger partial charge in [-0.2, -0.15) is 0 Å². The van der Waals surface area contributed by atoms with Gasteiger partial charge in [-0.25, -0.2) is 0 Å². The van der Waals surface area contributed by atoms with Crippen LogP contribution in [-0.2, 0) is 0 Å². The van der Waals surface area contributed by atoms with Crippen molar-refractivity contribution in [1.29, 1.82) is 0 Å². The van der Waals surface area contributed by atoms with Gasteiger partial charge in [-0.15, -0.1) is 0 Å². The first kappa shape index (κ1) is 9.78. The number of aromatic nitrogens is 2. The van der Waals surface area contributed by atoms with E-state index >= 15 is 0 Å². The maximum Gasteiger partial charge on any atom is 0.152 e. The van der Waals surface area contributed by atoms with Crippen molar-refractivity contribution in [2.24, 2.45) is 0 Å². The van der Waals surface area contributed by atoms with Gasteiger partial charge < -0.3 is 4.98 Å². The van der Waals surface area contributed by atoms with Crippen molar-refractivity contribution in [3.05, 3.63) is 54.5 Å². The number of nitrogens with one attached hydrogen (secondary N) is 1. The van der Waals surface area contributed by atoms with Crippen LogP contribution < -0.4 is 0 Å². The number of carbonyl (C=O) groups excluding carboxylic acids is 1. The highest BCUT2D eigenvalue weighted by atomic mass is 16.1. The number of nitrogens with zero attached hydrogens (tertiary/aromatic N) is 1. The molecule has 0 saturated heterocycles. The van der Waals surface area contributed by atoms with Crippen LogP contribution >= 0.6 is 0 Å². The number of benzene rings is 1. The standard InChI is InChI=1S/C14H10N2O/c17-9-11-8-16-13-5-1-4-12(14(11)13)10-3-2-6-15-7-10/h1-9,16H. The number of aromatic amines is 1. The summed E-state index contributed by atoms with van der Waals surface area (Å²) in [6, 6.07) is 9.81. The number of H-pyrrole nitrogens is 1. The van der Waals surface area contributed by atoms with Crippen LogP contribution in [0.2, 0.25) is 0 Å². The molecule has 0 radical (unpaired) electrons. The molecule has 0 aliphatic rings. The summed E-state index contributed by atoms with van der Waals surface area (Å²) in [5, 5.41) is 0.954. The summed E-state index contributed by atoms with van der Waals surface area (Å²) in [7, 11) is 0. The minimum atomic E-state index is 0.680. The van der Waals surface area contributed by atoms with Gasteiger partial charge in [0, 0.05) is 40.6 Å². The maximum absolute atomic E-state index is 11.0. The number of fused-ring (bicyclic) bond motifs is 1. The number of hydrogen-bond donors (Lipinski definition) is 1. The summed E-state index contributed by atoms with van der Waals surface area (Å²) < 4.78 is 0. The van der Waals surface area contributed by atoms with Crippen LogP contribution in [0.3, 0.4) is 0 Å². The first-order valence-corrected chi connectivity index (χ1v) is 5.36. The second-order valence-corrected chi connectivity index (χ2v) is 3.83. The largest absolute Gasteiger partial charge is 0.360 e. The summed E-state index contributed by atoms with van der Waals surface area (Å²) >= 11 is 0. The molecule has 0 spiro atoms. The smallest absolute Gasteiger partial charge is 0.152 e. The average Bonchev–Trinajstić information content (AvgIpc) is 2.82. The average molecular weight is 222 g/mol. The summed E-state index contributed by atoms with van der Waals surface area (Å²) in [6.45, 7) is 0. The van der Waals surface area contributed by atoms with Crippen molar-refractivity contribution < 1.29 is 4.79 Å². The number of pyridine rings is 1. The highest BCUT2D eigenvalue weighted by Gasteiger charge is 2.09. The zero-order valence-electron chi connectivity index (χ0n) is 9.05. The quantitative estimate of drug-likeness (QED) is 0.677. The monoisotopic (exact) mass is 222 g/mol. The van der Waals surface area contributed by atoms with Crippen LogP contribution in [0, 0.1) is 0 Å². The molecule has 17 heavy (non-hydrogen) atoms. The molecule has 3 aromatic rings. The molecule has 3 nitrogen and oxygen atoms in total. The molecular formula is C14H10N2O. The summed E-state index contributed by atoms with van der Waals surface area (Å²) in [5.41, 5.74) is 3.69. The normalized spacial score (nSPS) is 10.6. The highest BCUT2D eigenvalue weighted by Crippen LogP contribution is 2.29. The minimum absolute atomic E-state index is 0.680. The Hall–Kier alpha value is -2.42. The third kappa shape index (κ3) is 1.52. The van der Waals surface area contributed by atoms with Crippen LogP contribution in [0.4, 0.5) is 0 Å². The molecule has 0 saturated carbocycles. The van der Waals surface area contributed by atoms with Gasteiger partial charge in [-0.3, -0.25) is 9.78 Å². The first-order chi connectivity index (χ1) is 8.40. The Balaban J connectivity index is 2.36. The fourth-order valence-corrected chi connectivity index (χ4v) is 2.07. The molecule has 0 amide bonds.